The first-order chi connectivity index (χ1) is 14.4. The zero-order valence-corrected chi connectivity index (χ0v) is 17.9. The average molecular weight is 406 g/mol. The minimum absolute atomic E-state index is 0.0535. The number of hydrazine groups is 1. The zero-order valence-electron chi connectivity index (χ0n) is 17.9. The number of nitrogens with zero attached hydrogens (tertiary/aromatic N) is 1. The first-order valence-corrected chi connectivity index (χ1v) is 11.3. The van der Waals surface area contributed by atoms with Crippen molar-refractivity contribution in [2.24, 2.45) is 23.2 Å². The molecule has 2 N–H and O–H groups in total. The number of aryl methyl sites for hydroxylation is 1. The van der Waals surface area contributed by atoms with Crippen LogP contribution in [0.15, 0.2) is 36.4 Å². The lowest BCUT2D eigenvalue weighted by Gasteiger charge is -2.56. The van der Waals surface area contributed by atoms with Gasteiger partial charge in [0.2, 0.25) is 5.91 Å². The molecule has 4 bridgehead atoms. The van der Waals surface area contributed by atoms with Crippen molar-refractivity contribution in [3.05, 3.63) is 53.3 Å². The second kappa shape index (κ2) is 7.29. The molecule has 6 rings (SSSR count). The Bertz CT molecular complexity index is 940. The van der Waals surface area contributed by atoms with Crippen LogP contribution in [0.1, 0.15) is 66.7 Å². The van der Waals surface area contributed by atoms with E-state index in [9.17, 15) is 9.59 Å². The van der Waals surface area contributed by atoms with Crippen LogP contribution in [-0.4, -0.2) is 16.4 Å². The molecule has 1 aromatic heterocycles. The average Bonchev–Trinajstić information content (AvgIpc) is 2.99. The second-order valence-corrected chi connectivity index (χ2v) is 10.1. The van der Waals surface area contributed by atoms with Gasteiger partial charge in [-0.05, 0) is 93.7 Å². The van der Waals surface area contributed by atoms with E-state index in [2.05, 4.69) is 15.4 Å². The van der Waals surface area contributed by atoms with Crippen LogP contribution in [0.3, 0.4) is 0 Å². The van der Waals surface area contributed by atoms with Crippen molar-refractivity contribution < 1.29 is 9.59 Å². The summed E-state index contributed by atoms with van der Waals surface area (Å²) in [6, 6.07) is 11.9. The largest absolute Gasteiger partial charge is 0.318 e. The van der Waals surface area contributed by atoms with Crippen molar-refractivity contribution in [1.29, 1.82) is 0 Å². The number of amides is 2. The van der Waals surface area contributed by atoms with Gasteiger partial charge < -0.3 is 4.57 Å². The van der Waals surface area contributed by atoms with Gasteiger partial charge in [0, 0.05) is 23.5 Å². The molecule has 0 aliphatic heterocycles. The number of carbonyl (C=O) groups excluding carboxylic acids is 2. The lowest BCUT2D eigenvalue weighted by molar-refractivity contribution is -0.130. The van der Waals surface area contributed by atoms with Crippen molar-refractivity contribution in [2.75, 3.05) is 0 Å². The van der Waals surface area contributed by atoms with Gasteiger partial charge in [-0.1, -0.05) is 18.2 Å². The maximum atomic E-state index is 12.8. The molecule has 0 unspecified atom stereocenters. The molecule has 1 aromatic carbocycles. The van der Waals surface area contributed by atoms with Gasteiger partial charge in [-0.15, -0.1) is 0 Å². The summed E-state index contributed by atoms with van der Waals surface area (Å²) in [6.45, 7) is 3.93. The maximum Gasteiger partial charge on any atom is 0.271 e. The first kappa shape index (κ1) is 19.4. The monoisotopic (exact) mass is 405 g/mol. The Hall–Kier alpha value is -2.56. The van der Waals surface area contributed by atoms with Gasteiger partial charge in [-0.3, -0.25) is 20.4 Å². The van der Waals surface area contributed by atoms with Crippen LogP contribution in [0.25, 0.3) is 5.69 Å². The van der Waals surface area contributed by atoms with Crippen LogP contribution in [0.4, 0.5) is 0 Å². The molecule has 1 heterocycles. The van der Waals surface area contributed by atoms with Crippen LogP contribution in [0.2, 0.25) is 0 Å². The summed E-state index contributed by atoms with van der Waals surface area (Å²) >= 11 is 0. The van der Waals surface area contributed by atoms with Crippen LogP contribution in [0.5, 0.6) is 0 Å². The van der Waals surface area contributed by atoms with Gasteiger partial charge >= 0.3 is 0 Å². The Morgan fingerprint density at radius 2 is 1.57 bits per heavy atom. The van der Waals surface area contributed by atoms with Crippen LogP contribution in [0, 0.1) is 37.0 Å². The smallest absolute Gasteiger partial charge is 0.271 e. The number of nitrogens with one attached hydrogen (secondary N) is 2. The highest BCUT2D eigenvalue weighted by atomic mass is 16.2. The van der Waals surface area contributed by atoms with Gasteiger partial charge in [-0.2, -0.15) is 0 Å². The van der Waals surface area contributed by atoms with E-state index in [0.717, 1.165) is 34.8 Å². The number of aromatic nitrogens is 1. The molecule has 4 aliphatic rings. The van der Waals surface area contributed by atoms with Crippen LogP contribution in [-0.2, 0) is 4.79 Å². The van der Waals surface area contributed by atoms with Crippen LogP contribution < -0.4 is 10.9 Å². The molecule has 30 heavy (non-hydrogen) atoms. The predicted octanol–water partition coefficient (Wildman–Crippen LogP) is 4.46. The molecule has 5 nitrogen and oxygen atoms in total. The van der Waals surface area contributed by atoms with Gasteiger partial charge in [-0.25, -0.2) is 0 Å². The van der Waals surface area contributed by atoms with Gasteiger partial charge in [0.15, 0.2) is 0 Å². The van der Waals surface area contributed by atoms with E-state index in [4.69, 9.17) is 0 Å². The third-order valence-corrected chi connectivity index (χ3v) is 7.71. The SMILES string of the molecule is Cc1cc(C(=O)NNC(=O)CC23CC4CC(CC(C4)C2)C3)c(C)n1-c1ccccc1. The van der Waals surface area contributed by atoms with Crippen molar-refractivity contribution in [2.45, 2.75) is 58.8 Å². The van der Waals surface area contributed by atoms with E-state index < -0.39 is 0 Å². The van der Waals surface area contributed by atoms with Crippen molar-refractivity contribution in [3.8, 4) is 5.69 Å². The Balaban J connectivity index is 1.23. The molecule has 5 heteroatoms. The summed E-state index contributed by atoms with van der Waals surface area (Å²) in [5.74, 6) is 2.15. The highest BCUT2D eigenvalue weighted by Gasteiger charge is 2.51. The molecule has 0 atom stereocenters. The number of para-hydroxylation sites is 1. The van der Waals surface area contributed by atoms with Crippen molar-refractivity contribution >= 4 is 11.8 Å². The Morgan fingerprint density at radius 3 is 2.17 bits per heavy atom. The third-order valence-electron chi connectivity index (χ3n) is 7.71. The molecule has 0 spiro atoms. The number of carbonyl (C=O) groups is 2. The minimum atomic E-state index is -0.260. The summed E-state index contributed by atoms with van der Waals surface area (Å²) in [7, 11) is 0. The van der Waals surface area contributed by atoms with Crippen molar-refractivity contribution in [1.82, 2.24) is 15.4 Å². The standard InChI is InChI=1S/C25H31N3O2/c1-16-8-22(17(2)28(16)21-6-4-3-5-7-21)24(30)27-26-23(29)15-25-12-18-9-19(13-25)11-20(10-18)14-25/h3-8,18-20H,9-15H2,1-2H3,(H,26,29)(H,27,30). The fourth-order valence-electron chi connectivity index (χ4n) is 7.05. The number of hydrogen-bond acceptors (Lipinski definition) is 2. The van der Waals surface area contributed by atoms with E-state index in [1.165, 1.54) is 38.5 Å². The quantitative estimate of drug-likeness (QED) is 0.738. The number of rotatable bonds is 4. The molecule has 4 fully saturated rings. The number of benzene rings is 1. The molecule has 0 saturated heterocycles. The fourth-order valence-corrected chi connectivity index (χ4v) is 7.05. The Morgan fingerprint density at radius 1 is 0.967 bits per heavy atom. The Labute approximate surface area is 178 Å². The minimum Gasteiger partial charge on any atom is -0.318 e. The van der Waals surface area contributed by atoms with E-state index >= 15 is 0 Å². The summed E-state index contributed by atoms with van der Waals surface area (Å²) in [4.78, 5) is 25.5. The molecule has 158 valence electrons. The fraction of sp³-hybridized carbons (Fsp3) is 0.520. The molecular formula is C25H31N3O2. The molecule has 0 radical (unpaired) electrons. The van der Waals surface area contributed by atoms with Gasteiger partial charge in [0.1, 0.15) is 0 Å². The lowest BCUT2D eigenvalue weighted by atomic mass is 9.49. The predicted molar refractivity (Wildman–Crippen MR) is 116 cm³/mol. The summed E-state index contributed by atoms with van der Waals surface area (Å²) in [5.41, 5.74) is 9.01. The van der Waals surface area contributed by atoms with E-state index in [1.807, 2.05) is 50.2 Å². The highest BCUT2D eigenvalue weighted by molar-refractivity contribution is 5.97. The molecule has 2 aromatic rings. The summed E-state index contributed by atoms with van der Waals surface area (Å²) in [5, 5.41) is 0. The third kappa shape index (κ3) is 3.44. The molecular weight excluding hydrogens is 374 g/mol. The van der Waals surface area contributed by atoms with E-state index in [1.54, 1.807) is 0 Å². The topological polar surface area (TPSA) is 63.1 Å². The van der Waals surface area contributed by atoms with Crippen molar-refractivity contribution in [3.63, 3.8) is 0 Å². The van der Waals surface area contributed by atoms with Gasteiger partial charge in [0.05, 0.1) is 5.56 Å². The lowest BCUT2D eigenvalue weighted by Crippen LogP contribution is -2.50. The van der Waals surface area contributed by atoms with Gasteiger partial charge in [0.25, 0.3) is 5.91 Å². The second-order valence-electron chi connectivity index (χ2n) is 10.1. The molecule has 2 amide bonds. The first-order valence-electron chi connectivity index (χ1n) is 11.3. The summed E-state index contributed by atoms with van der Waals surface area (Å²) in [6.07, 6.45) is 8.23. The normalized spacial score (nSPS) is 29.1. The van der Waals surface area contributed by atoms with E-state index in [0.29, 0.717) is 12.0 Å². The molecule has 4 aliphatic carbocycles. The highest BCUT2D eigenvalue weighted by Crippen LogP contribution is 2.61. The maximum absolute atomic E-state index is 12.8. The Kier molecular flexibility index (Phi) is 4.72. The van der Waals surface area contributed by atoms with E-state index in [-0.39, 0.29) is 17.2 Å². The summed E-state index contributed by atoms with van der Waals surface area (Å²) < 4.78 is 2.06. The zero-order chi connectivity index (χ0) is 20.9. The van der Waals surface area contributed by atoms with Crippen LogP contribution >= 0.6 is 0 Å². The number of hydrogen-bond donors (Lipinski definition) is 2. The molecule has 4 saturated carbocycles.